The SMILES string of the molecule is C[C@H](C(=O)c1c[nH]c2ccccc12)n1nc(C(=O)[O-])c2ccccc2c1=O. The number of nitrogens with zero attached hydrogens (tertiary/aromatic N) is 2. The van der Waals surface area contributed by atoms with E-state index in [1.807, 2.05) is 18.2 Å². The molecule has 0 aliphatic carbocycles. The molecule has 4 aromatic rings. The van der Waals surface area contributed by atoms with E-state index >= 15 is 0 Å². The quantitative estimate of drug-likeness (QED) is 0.557. The van der Waals surface area contributed by atoms with E-state index in [1.54, 1.807) is 24.4 Å². The average Bonchev–Trinajstić information content (AvgIpc) is 3.11. The molecule has 0 bridgehead atoms. The van der Waals surface area contributed by atoms with Gasteiger partial charge in [-0.2, -0.15) is 5.10 Å². The van der Waals surface area contributed by atoms with Crippen LogP contribution in [0.5, 0.6) is 0 Å². The predicted molar refractivity (Wildman–Crippen MR) is 97.7 cm³/mol. The molecule has 2 aromatic carbocycles. The number of ketones is 1. The van der Waals surface area contributed by atoms with Gasteiger partial charge in [-0.1, -0.05) is 36.4 Å². The summed E-state index contributed by atoms with van der Waals surface area (Å²) >= 11 is 0. The second-order valence-electron chi connectivity index (χ2n) is 6.22. The standard InChI is InChI=1S/C20H15N3O4/c1-11(18(24)15-10-21-16-9-5-4-6-12(15)16)23-19(25)14-8-3-2-7-13(14)17(22-23)20(26)27/h2-11,21H,1H3,(H,26,27)/p-1/t11-/m1/s1. The van der Waals surface area contributed by atoms with E-state index in [1.165, 1.54) is 19.1 Å². The first-order valence-corrected chi connectivity index (χ1v) is 8.32. The number of aromatic carboxylic acids is 1. The van der Waals surface area contributed by atoms with E-state index < -0.39 is 17.6 Å². The van der Waals surface area contributed by atoms with Crippen LogP contribution in [0.3, 0.4) is 0 Å². The summed E-state index contributed by atoms with van der Waals surface area (Å²) in [5.74, 6) is -1.85. The Balaban J connectivity index is 1.89. The van der Waals surface area contributed by atoms with Crippen molar-refractivity contribution in [3.8, 4) is 0 Å². The van der Waals surface area contributed by atoms with Crippen molar-refractivity contribution in [2.45, 2.75) is 13.0 Å². The van der Waals surface area contributed by atoms with Crippen LogP contribution in [0.15, 0.2) is 59.5 Å². The second-order valence-corrected chi connectivity index (χ2v) is 6.22. The summed E-state index contributed by atoms with van der Waals surface area (Å²) in [7, 11) is 0. The number of carbonyl (C=O) groups excluding carboxylic acids is 2. The zero-order chi connectivity index (χ0) is 19.1. The van der Waals surface area contributed by atoms with Crippen molar-refractivity contribution in [2.75, 3.05) is 0 Å². The van der Waals surface area contributed by atoms with Crippen LogP contribution in [0, 0.1) is 0 Å². The molecule has 2 aromatic heterocycles. The molecule has 0 spiro atoms. The molecule has 0 aliphatic heterocycles. The van der Waals surface area contributed by atoms with Crippen LogP contribution in [0.1, 0.15) is 33.8 Å². The maximum absolute atomic E-state index is 13.0. The first kappa shape index (κ1) is 16.7. The van der Waals surface area contributed by atoms with E-state index in [4.69, 9.17) is 0 Å². The third-order valence-electron chi connectivity index (χ3n) is 4.62. The number of benzene rings is 2. The molecule has 27 heavy (non-hydrogen) atoms. The first-order valence-electron chi connectivity index (χ1n) is 8.32. The molecule has 1 N–H and O–H groups in total. The highest BCUT2D eigenvalue weighted by Crippen LogP contribution is 2.23. The molecule has 7 nitrogen and oxygen atoms in total. The highest BCUT2D eigenvalue weighted by Gasteiger charge is 2.24. The zero-order valence-corrected chi connectivity index (χ0v) is 14.3. The summed E-state index contributed by atoms with van der Waals surface area (Å²) in [5.41, 5.74) is 0.303. The van der Waals surface area contributed by atoms with Gasteiger partial charge in [-0.3, -0.25) is 9.59 Å². The smallest absolute Gasteiger partial charge is 0.275 e. The van der Waals surface area contributed by atoms with Crippen LogP contribution in [0.25, 0.3) is 21.7 Å². The van der Waals surface area contributed by atoms with Crippen molar-refractivity contribution >= 4 is 33.4 Å². The van der Waals surface area contributed by atoms with Crippen molar-refractivity contribution in [2.24, 2.45) is 0 Å². The molecule has 0 saturated heterocycles. The van der Waals surface area contributed by atoms with Gasteiger partial charge in [0.05, 0.1) is 11.4 Å². The van der Waals surface area contributed by atoms with Gasteiger partial charge in [-0.25, -0.2) is 4.68 Å². The normalized spacial score (nSPS) is 12.3. The maximum atomic E-state index is 13.0. The molecule has 0 saturated carbocycles. The summed E-state index contributed by atoms with van der Waals surface area (Å²) in [5, 5.41) is 16.5. The Morgan fingerprint density at radius 3 is 2.37 bits per heavy atom. The van der Waals surface area contributed by atoms with E-state index in [-0.39, 0.29) is 22.2 Å². The molecule has 2 heterocycles. The minimum Gasteiger partial charge on any atom is -0.543 e. The largest absolute Gasteiger partial charge is 0.543 e. The Kier molecular flexibility index (Phi) is 3.84. The third kappa shape index (κ3) is 2.60. The van der Waals surface area contributed by atoms with Crippen molar-refractivity contribution in [1.29, 1.82) is 0 Å². The van der Waals surface area contributed by atoms with Crippen LogP contribution in [0.2, 0.25) is 0 Å². The number of para-hydroxylation sites is 1. The van der Waals surface area contributed by atoms with Crippen LogP contribution in [-0.2, 0) is 0 Å². The molecule has 134 valence electrons. The molecule has 0 radical (unpaired) electrons. The summed E-state index contributed by atoms with van der Waals surface area (Å²) in [4.78, 5) is 40.3. The summed E-state index contributed by atoms with van der Waals surface area (Å²) < 4.78 is 0.914. The number of aromatic amines is 1. The molecular weight excluding hydrogens is 346 g/mol. The first-order chi connectivity index (χ1) is 13.0. The molecule has 0 unspecified atom stereocenters. The van der Waals surface area contributed by atoms with E-state index in [0.717, 1.165) is 15.6 Å². The number of H-pyrrole nitrogens is 1. The highest BCUT2D eigenvalue weighted by molar-refractivity contribution is 6.09. The van der Waals surface area contributed by atoms with Gasteiger partial charge in [0.1, 0.15) is 11.7 Å². The second kappa shape index (κ2) is 6.21. The van der Waals surface area contributed by atoms with Gasteiger partial charge < -0.3 is 14.9 Å². The maximum Gasteiger partial charge on any atom is 0.275 e. The number of hydrogen-bond acceptors (Lipinski definition) is 5. The number of fused-ring (bicyclic) bond motifs is 2. The van der Waals surface area contributed by atoms with Crippen molar-refractivity contribution < 1.29 is 14.7 Å². The van der Waals surface area contributed by atoms with Gasteiger partial charge in [0.2, 0.25) is 0 Å². The van der Waals surface area contributed by atoms with E-state index in [0.29, 0.717) is 5.56 Å². The number of aromatic nitrogens is 3. The lowest BCUT2D eigenvalue weighted by Crippen LogP contribution is -2.34. The lowest BCUT2D eigenvalue weighted by atomic mass is 10.0. The van der Waals surface area contributed by atoms with Gasteiger partial charge in [0, 0.05) is 28.0 Å². The number of carboxylic acid groups (broad SMARTS) is 1. The van der Waals surface area contributed by atoms with Crippen LogP contribution in [0.4, 0.5) is 0 Å². The van der Waals surface area contributed by atoms with Crippen LogP contribution >= 0.6 is 0 Å². The molecule has 0 fully saturated rings. The van der Waals surface area contributed by atoms with E-state index in [2.05, 4.69) is 10.1 Å². The van der Waals surface area contributed by atoms with Crippen molar-refractivity contribution in [3.05, 3.63) is 76.3 Å². The molecule has 1 atom stereocenters. The lowest BCUT2D eigenvalue weighted by Gasteiger charge is -2.16. The highest BCUT2D eigenvalue weighted by atomic mass is 16.4. The van der Waals surface area contributed by atoms with Crippen LogP contribution in [-0.4, -0.2) is 26.5 Å². The Labute approximate surface area is 152 Å². The van der Waals surface area contributed by atoms with Gasteiger partial charge in [-0.15, -0.1) is 0 Å². The fourth-order valence-electron chi connectivity index (χ4n) is 3.23. The summed E-state index contributed by atoms with van der Waals surface area (Å²) in [6.45, 7) is 1.52. The lowest BCUT2D eigenvalue weighted by molar-refractivity contribution is -0.255. The Morgan fingerprint density at radius 2 is 1.67 bits per heavy atom. The van der Waals surface area contributed by atoms with Gasteiger partial charge in [0.25, 0.3) is 5.56 Å². The minimum atomic E-state index is -1.51. The number of carbonyl (C=O) groups is 2. The van der Waals surface area contributed by atoms with Gasteiger partial charge in [-0.05, 0) is 19.1 Å². The minimum absolute atomic E-state index is 0.172. The Hall–Kier alpha value is -3.74. The molecular formula is C20H14N3O4-. The average molecular weight is 360 g/mol. The summed E-state index contributed by atoms with van der Waals surface area (Å²) in [6.07, 6.45) is 1.58. The van der Waals surface area contributed by atoms with Crippen LogP contribution < -0.4 is 10.7 Å². The Morgan fingerprint density at radius 1 is 1.04 bits per heavy atom. The molecule has 0 aliphatic rings. The topological polar surface area (TPSA) is 108 Å². The predicted octanol–water partition coefficient (Wildman–Crippen LogP) is 1.69. The number of nitrogens with one attached hydrogen (secondary N) is 1. The van der Waals surface area contributed by atoms with Crippen molar-refractivity contribution in [3.63, 3.8) is 0 Å². The number of hydrogen-bond donors (Lipinski definition) is 1. The van der Waals surface area contributed by atoms with Crippen molar-refractivity contribution in [1.82, 2.24) is 14.8 Å². The zero-order valence-electron chi connectivity index (χ0n) is 14.3. The fraction of sp³-hybridized carbons (Fsp3) is 0.100. The number of carboxylic acids is 1. The molecule has 4 rings (SSSR count). The van der Waals surface area contributed by atoms with Gasteiger partial charge >= 0.3 is 0 Å². The van der Waals surface area contributed by atoms with E-state index in [9.17, 15) is 19.5 Å². The fourth-order valence-corrected chi connectivity index (χ4v) is 3.23. The molecule has 0 amide bonds. The summed E-state index contributed by atoms with van der Waals surface area (Å²) in [6, 6.07) is 12.5. The monoisotopic (exact) mass is 360 g/mol. The Bertz CT molecular complexity index is 1270. The number of rotatable bonds is 4. The molecule has 7 heteroatoms. The third-order valence-corrected chi connectivity index (χ3v) is 4.62. The van der Waals surface area contributed by atoms with Gasteiger partial charge in [0.15, 0.2) is 5.78 Å². The number of Topliss-reactive ketones (excluding diaryl/α,β-unsaturated/α-hetero) is 1.